The molecule has 0 radical (unpaired) electrons. The molecular formula is C21H31N5O. The van der Waals surface area contributed by atoms with Gasteiger partial charge in [-0.25, -0.2) is 4.98 Å². The summed E-state index contributed by atoms with van der Waals surface area (Å²) in [5, 5.41) is 3.40. The number of hydrogen-bond donors (Lipinski definition) is 1. The molecule has 2 aromatic rings. The van der Waals surface area contributed by atoms with Crippen molar-refractivity contribution in [1.29, 1.82) is 0 Å². The van der Waals surface area contributed by atoms with Gasteiger partial charge in [0.15, 0.2) is 11.7 Å². The molecule has 0 aliphatic carbocycles. The van der Waals surface area contributed by atoms with Gasteiger partial charge in [-0.2, -0.15) is 0 Å². The zero-order valence-corrected chi connectivity index (χ0v) is 16.9. The van der Waals surface area contributed by atoms with Crippen LogP contribution in [-0.4, -0.2) is 60.0 Å². The molecule has 0 saturated carbocycles. The quantitative estimate of drug-likeness (QED) is 0.626. The molecule has 1 saturated heterocycles. The van der Waals surface area contributed by atoms with Crippen LogP contribution in [0.2, 0.25) is 0 Å². The van der Waals surface area contributed by atoms with Crippen molar-refractivity contribution in [2.45, 2.75) is 39.8 Å². The van der Waals surface area contributed by atoms with Crippen molar-refractivity contribution in [3.05, 3.63) is 41.9 Å². The summed E-state index contributed by atoms with van der Waals surface area (Å²) < 4.78 is 5.91. The number of nitrogens with one attached hydrogen (secondary N) is 1. The van der Waals surface area contributed by atoms with Gasteiger partial charge in [-0.15, -0.1) is 0 Å². The summed E-state index contributed by atoms with van der Waals surface area (Å²) in [5.74, 6) is 2.38. The highest BCUT2D eigenvalue weighted by molar-refractivity contribution is 5.80. The van der Waals surface area contributed by atoms with E-state index in [1.165, 1.54) is 12.0 Å². The number of hydrogen-bond acceptors (Lipinski definition) is 4. The lowest BCUT2D eigenvalue weighted by atomic mass is 10.1. The fourth-order valence-corrected chi connectivity index (χ4v) is 3.70. The van der Waals surface area contributed by atoms with Crippen molar-refractivity contribution in [2.24, 2.45) is 4.99 Å². The van der Waals surface area contributed by atoms with Crippen LogP contribution in [0.4, 0.5) is 0 Å². The predicted molar refractivity (Wildman–Crippen MR) is 110 cm³/mol. The Morgan fingerprint density at radius 1 is 1.30 bits per heavy atom. The summed E-state index contributed by atoms with van der Waals surface area (Å²) in [7, 11) is 1.83. The van der Waals surface area contributed by atoms with Crippen LogP contribution < -0.4 is 5.32 Å². The first-order valence-corrected chi connectivity index (χ1v) is 9.86. The molecule has 146 valence electrons. The summed E-state index contributed by atoms with van der Waals surface area (Å²) in [6.07, 6.45) is 2.97. The molecule has 1 unspecified atom stereocenters. The number of aliphatic imine (C=N–C) groups is 1. The van der Waals surface area contributed by atoms with Crippen LogP contribution in [0.5, 0.6) is 0 Å². The van der Waals surface area contributed by atoms with Crippen LogP contribution in [0.15, 0.2) is 39.9 Å². The van der Waals surface area contributed by atoms with Crippen molar-refractivity contribution in [1.82, 2.24) is 20.1 Å². The molecule has 1 aliphatic heterocycles. The number of benzene rings is 1. The average Bonchev–Trinajstić information content (AvgIpc) is 3.34. The van der Waals surface area contributed by atoms with Gasteiger partial charge in [0.05, 0.1) is 12.7 Å². The van der Waals surface area contributed by atoms with E-state index in [0.29, 0.717) is 18.5 Å². The smallest absolute Gasteiger partial charge is 0.214 e. The maximum Gasteiger partial charge on any atom is 0.214 e. The SMILES string of the molecule is CCN(CC)C1CCN(C(=NC)NCc2ncc(-c3ccc(C)cc3)o2)C1. The van der Waals surface area contributed by atoms with Gasteiger partial charge < -0.3 is 14.6 Å². The number of oxazole rings is 1. The summed E-state index contributed by atoms with van der Waals surface area (Å²) in [5.41, 5.74) is 2.28. The van der Waals surface area contributed by atoms with Crippen LogP contribution >= 0.6 is 0 Å². The second-order valence-electron chi connectivity index (χ2n) is 6.99. The van der Waals surface area contributed by atoms with Gasteiger partial charge >= 0.3 is 0 Å². The fourth-order valence-electron chi connectivity index (χ4n) is 3.70. The van der Waals surface area contributed by atoms with Crippen molar-refractivity contribution in [3.63, 3.8) is 0 Å². The minimum Gasteiger partial charge on any atom is -0.439 e. The second-order valence-corrected chi connectivity index (χ2v) is 6.99. The maximum atomic E-state index is 5.91. The van der Waals surface area contributed by atoms with Crippen molar-refractivity contribution < 1.29 is 4.42 Å². The Morgan fingerprint density at radius 3 is 2.70 bits per heavy atom. The van der Waals surface area contributed by atoms with E-state index in [9.17, 15) is 0 Å². The van der Waals surface area contributed by atoms with E-state index >= 15 is 0 Å². The van der Waals surface area contributed by atoms with Crippen LogP contribution in [0, 0.1) is 6.92 Å². The Morgan fingerprint density at radius 2 is 2.04 bits per heavy atom. The largest absolute Gasteiger partial charge is 0.439 e. The molecule has 0 amide bonds. The monoisotopic (exact) mass is 369 g/mol. The predicted octanol–water partition coefficient (Wildman–Crippen LogP) is 3.14. The molecule has 1 aromatic heterocycles. The summed E-state index contributed by atoms with van der Waals surface area (Å²) >= 11 is 0. The summed E-state index contributed by atoms with van der Waals surface area (Å²) in [4.78, 5) is 13.7. The van der Waals surface area contributed by atoms with Crippen LogP contribution in [0.25, 0.3) is 11.3 Å². The third kappa shape index (κ3) is 4.69. The van der Waals surface area contributed by atoms with Gasteiger partial charge in [0, 0.05) is 31.7 Å². The number of likely N-dealkylation sites (tertiary alicyclic amines) is 1. The first-order chi connectivity index (χ1) is 13.1. The van der Waals surface area contributed by atoms with Gasteiger partial charge in [-0.3, -0.25) is 9.89 Å². The number of aromatic nitrogens is 1. The van der Waals surface area contributed by atoms with Gasteiger partial charge in [-0.05, 0) is 26.4 Å². The highest BCUT2D eigenvalue weighted by atomic mass is 16.4. The molecule has 2 heterocycles. The molecule has 1 fully saturated rings. The van der Waals surface area contributed by atoms with Gasteiger partial charge in [-0.1, -0.05) is 43.7 Å². The average molecular weight is 370 g/mol. The molecule has 0 bridgehead atoms. The topological polar surface area (TPSA) is 56.9 Å². The molecular weight excluding hydrogens is 338 g/mol. The van der Waals surface area contributed by atoms with E-state index < -0.39 is 0 Å². The third-order valence-corrected chi connectivity index (χ3v) is 5.29. The minimum atomic E-state index is 0.533. The lowest BCUT2D eigenvalue weighted by Crippen LogP contribution is -2.43. The van der Waals surface area contributed by atoms with E-state index in [4.69, 9.17) is 4.42 Å². The number of aryl methyl sites for hydroxylation is 1. The molecule has 1 atom stereocenters. The third-order valence-electron chi connectivity index (χ3n) is 5.29. The van der Waals surface area contributed by atoms with Crippen LogP contribution in [-0.2, 0) is 6.54 Å². The molecule has 0 spiro atoms. The maximum absolute atomic E-state index is 5.91. The molecule has 6 heteroatoms. The molecule has 1 N–H and O–H groups in total. The molecule has 6 nitrogen and oxygen atoms in total. The van der Waals surface area contributed by atoms with Gasteiger partial charge in [0.25, 0.3) is 0 Å². The molecule has 1 aromatic carbocycles. The van der Waals surface area contributed by atoms with Crippen LogP contribution in [0.1, 0.15) is 31.7 Å². The Hall–Kier alpha value is -2.34. The highest BCUT2D eigenvalue weighted by Gasteiger charge is 2.28. The van der Waals surface area contributed by atoms with Crippen molar-refractivity contribution in [3.8, 4) is 11.3 Å². The second kappa shape index (κ2) is 9.04. The summed E-state index contributed by atoms with van der Waals surface area (Å²) in [6.45, 7) is 11.3. The summed E-state index contributed by atoms with van der Waals surface area (Å²) in [6, 6.07) is 8.88. The lowest BCUT2D eigenvalue weighted by molar-refractivity contribution is 0.223. The zero-order valence-electron chi connectivity index (χ0n) is 16.9. The van der Waals surface area contributed by atoms with E-state index in [2.05, 4.69) is 70.1 Å². The number of nitrogens with zero attached hydrogens (tertiary/aromatic N) is 4. The standard InChI is InChI=1S/C21H31N5O/c1-5-25(6-2)18-11-12-26(15-18)21(22-4)24-14-20-23-13-19(27-20)17-9-7-16(3)8-10-17/h7-10,13,18H,5-6,11-12,14-15H2,1-4H3,(H,22,24). The van der Waals surface area contributed by atoms with Crippen LogP contribution in [0.3, 0.4) is 0 Å². The first-order valence-electron chi connectivity index (χ1n) is 9.86. The Bertz CT molecular complexity index is 748. The Labute approximate surface area is 162 Å². The van der Waals surface area contributed by atoms with E-state index in [1.54, 1.807) is 6.20 Å². The molecule has 3 rings (SSSR count). The van der Waals surface area contributed by atoms with Crippen molar-refractivity contribution >= 4 is 5.96 Å². The Balaban J connectivity index is 1.57. The minimum absolute atomic E-state index is 0.533. The first kappa shape index (κ1) is 19.4. The van der Waals surface area contributed by atoms with Gasteiger partial charge in [0.1, 0.15) is 0 Å². The highest BCUT2D eigenvalue weighted by Crippen LogP contribution is 2.21. The molecule has 27 heavy (non-hydrogen) atoms. The van der Waals surface area contributed by atoms with Crippen molar-refractivity contribution in [2.75, 3.05) is 33.2 Å². The lowest BCUT2D eigenvalue weighted by Gasteiger charge is -2.27. The normalized spacial score (nSPS) is 17.7. The number of guanidine groups is 1. The van der Waals surface area contributed by atoms with E-state index in [1.807, 2.05) is 7.05 Å². The van der Waals surface area contributed by atoms with E-state index in [-0.39, 0.29) is 0 Å². The van der Waals surface area contributed by atoms with E-state index in [0.717, 1.165) is 43.5 Å². The Kier molecular flexibility index (Phi) is 6.50. The van der Waals surface area contributed by atoms with Gasteiger partial charge in [0.2, 0.25) is 5.89 Å². The number of likely N-dealkylation sites (N-methyl/N-ethyl adjacent to an activating group) is 1. The fraction of sp³-hybridized carbons (Fsp3) is 0.524. The molecule has 1 aliphatic rings. The number of rotatable bonds is 6. The zero-order chi connectivity index (χ0) is 19.2.